The topological polar surface area (TPSA) is 102 Å². The van der Waals surface area contributed by atoms with Gasteiger partial charge >= 0.3 is 6.36 Å². The van der Waals surface area contributed by atoms with Gasteiger partial charge in [-0.15, -0.1) is 13.2 Å². The number of halogens is 4. The molecule has 2 N–H and O–H groups in total. The fourth-order valence-electron chi connectivity index (χ4n) is 3.57. The Morgan fingerprint density at radius 2 is 1.61 bits per heavy atom. The first kappa shape index (κ1) is 26.6. The Kier molecular flexibility index (Phi) is 7.65. The van der Waals surface area contributed by atoms with Crippen molar-refractivity contribution in [3.05, 3.63) is 102 Å². The van der Waals surface area contributed by atoms with E-state index in [0.29, 0.717) is 5.56 Å². The van der Waals surface area contributed by atoms with Gasteiger partial charge in [0.2, 0.25) is 0 Å². The molecule has 0 aliphatic heterocycles. The van der Waals surface area contributed by atoms with Gasteiger partial charge in [-0.3, -0.25) is 13.3 Å². The van der Waals surface area contributed by atoms with Crippen molar-refractivity contribution in [2.45, 2.75) is 6.36 Å². The molecule has 7 nitrogen and oxygen atoms in total. The molecule has 196 valence electrons. The number of amides is 1. The number of nitrogens with zero attached hydrogens (tertiary/aromatic N) is 1. The minimum absolute atomic E-state index is 0.0453. The molecule has 0 spiro atoms. The number of carbonyl (C=O) groups is 1. The highest BCUT2D eigenvalue weighted by Crippen LogP contribution is 2.37. The molecule has 0 radical (unpaired) electrons. The lowest BCUT2D eigenvalue weighted by molar-refractivity contribution is -0.274. The van der Waals surface area contributed by atoms with Crippen molar-refractivity contribution in [2.24, 2.45) is 0 Å². The number of carbonyl (C=O) groups excluding carboxylic acids is 1. The minimum Gasteiger partial charge on any atom is -0.755 e. The number of rotatable bonds is 7. The van der Waals surface area contributed by atoms with Crippen LogP contribution in [0, 0.1) is 5.82 Å². The SMILES string of the molecule is O=C(Nc1ccc(O)c(N(c2ccc(F)cc2)S(=O)[O-])c1)c1ccc(-c2ccccc2OC(F)(F)F)cc1. The maximum Gasteiger partial charge on any atom is 0.573 e. The van der Waals surface area contributed by atoms with E-state index in [2.05, 4.69) is 10.1 Å². The van der Waals surface area contributed by atoms with Crippen LogP contribution < -0.4 is 14.4 Å². The lowest BCUT2D eigenvalue weighted by atomic mass is 10.0. The van der Waals surface area contributed by atoms with Crippen LogP contribution in [0.15, 0.2) is 91.0 Å². The van der Waals surface area contributed by atoms with Crippen LogP contribution in [0.4, 0.5) is 34.6 Å². The Balaban J connectivity index is 1.56. The third-order valence-corrected chi connectivity index (χ3v) is 5.94. The normalized spacial score (nSPS) is 12.0. The van der Waals surface area contributed by atoms with Crippen LogP contribution in [0.1, 0.15) is 10.4 Å². The molecule has 0 fully saturated rings. The number of para-hydroxylation sites is 1. The van der Waals surface area contributed by atoms with E-state index < -0.39 is 40.9 Å². The first-order chi connectivity index (χ1) is 18.0. The first-order valence-corrected chi connectivity index (χ1v) is 11.8. The van der Waals surface area contributed by atoms with E-state index in [9.17, 15) is 36.2 Å². The Bertz CT molecular complexity index is 1480. The van der Waals surface area contributed by atoms with Gasteiger partial charge in [0.1, 0.15) is 17.3 Å². The monoisotopic (exact) mass is 545 g/mol. The molecule has 0 bridgehead atoms. The predicted octanol–water partition coefficient (Wildman–Crippen LogP) is 6.28. The quantitative estimate of drug-likeness (QED) is 0.162. The number of aromatic hydroxyl groups is 1. The first-order valence-electron chi connectivity index (χ1n) is 10.8. The van der Waals surface area contributed by atoms with Crippen molar-refractivity contribution in [3.8, 4) is 22.6 Å². The second-order valence-electron chi connectivity index (χ2n) is 7.77. The van der Waals surface area contributed by atoms with Crippen molar-refractivity contribution in [1.82, 2.24) is 0 Å². The van der Waals surface area contributed by atoms with E-state index in [1.807, 2.05) is 0 Å². The summed E-state index contributed by atoms with van der Waals surface area (Å²) in [6.07, 6.45) is -4.87. The van der Waals surface area contributed by atoms with Gasteiger partial charge in [-0.05, 0) is 66.2 Å². The van der Waals surface area contributed by atoms with Gasteiger partial charge in [-0.1, -0.05) is 30.3 Å². The van der Waals surface area contributed by atoms with E-state index in [0.717, 1.165) is 16.4 Å². The van der Waals surface area contributed by atoms with Crippen molar-refractivity contribution in [1.29, 1.82) is 0 Å². The van der Waals surface area contributed by atoms with Crippen LogP contribution in [0.25, 0.3) is 11.1 Å². The van der Waals surface area contributed by atoms with E-state index in [1.54, 1.807) is 6.07 Å². The number of ether oxygens (including phenoxy) is 1. The van der Waals surface area contributed by atoms with Crippen molar-refractivity contribution >= 4 is 34.2 Å². The second-order valence-corrected chi connectivity index (χ2v) is 8.57. The molecule has 1 amide bonds. The summed E-state index contributed by atoms with van der Waals surface area (Å²) >= 11 is -2.90. The molecule has 1 unspecified atom stereocenters. The Labute approximate surface area is 216 Å². The maximum atomic E-state index is 13.3. The van der Waals surface area contributed by atoms with E-state index in [4.69, 9.17) is 0 Å². The van der Waals surface area contributed by atoms with Gasteiger partial charge in [-0.25, -0.2) is 4.39 Å². The van der Waals surface area contributed by atoms with Gasteiger partial charge < -0.3 is 19.7 Å². The van der Waals surface area contributed by atoms with Gasteiger partial charge in [0, 0.05) is 16.8 Å². The van der Waals surface area contributed by atoms with Gasteiger partial charge in [-0.2, -0.15) is 0 Å². The Morgan fingerprint density at radius 3 is 2.24 bits per heavy atom. The van der Waals surface area contributed by atoms with Gasteiger partial charge in [0.05, 0.1) is 22.6 Å². The molecule has 0 aliphatic rings. The number of alkyl halides is 3. The highest BCUT2D eigenvalue weighted by Gasteiger charge is 2.32. The molecule has 0 heterocycles. The molecule has 0 saturated carbocycles. The number of hydrogen-bond donors (Lipinski definition) is 2. The minimum atomic E-state index is -4.87. The number of benzene rings is 4. The summed E-state index contributed by atoms with van der Waals surface area (Å²) < 4.78 is 80.1. The summed E-state index contributed by atoms with van der Waals surface area (Å²) in [6.45, 7) is 0. The number of hydrogen-bond acceptors (Lipinski definition) is 5. The fourth-order valence-corrected chi connectivity index (χ4v) is 4.17. The number of phenols is 1. The Morgan fingerprint density at radius 1 is 0.947 bits per heavy atom. The number of nitrogens with one attached hydrogen (secondary N) is 1. The van der Waals surface area contributed by atoms with E-state index in [1.165, 1.54) is 72.8 Å². The zero-order valence-electron chi connectivity index (χ0n) is 19.1. The highest BCUT2D eigenvalue weighted by molar-refractivity contribution is 7.81. The largest absolute Gasteiger partial charge is 0.755 e. The van der Waals surface area contributed by atoms with Gasteiger partial charge in [0.25, 0.3) is 5.91 Å². The molecular formula is C26H17F4N2O5S-. The number of phenolic OH excluding ortho intramolecular Hbond substituents is 1. The second kappa shape index (κ2) is 10.9. The van der Waals surface area contributed by atoms with Crippen molar-refractivity contribution in [3.63, 3.8) is 0 Å². The average molecular weight is 545 g/mol. The standard InChI is InChI=1S/C26H18F4N2O5S/c27-18-9-12-20(13-10-18)32(38(35)36)22-15-19(11-14-23(22)33)31-25(34)17-7-5-16(6-8-17)21-3-1-2-4-24(21)37-26(28,29)30/h1-15,33H,(H,31,34)(H,35,36)/p-1. The third-order valence-electron chi connectivity index (χ3n) is 5.23. The lowest BCUT2D eigenvalue weighted by Crippen LogP contribution is -2.20. The van der Waals surface area contributed by atoms with Crippen LogP contribution in [0.5, 0.6) is 11.5 Å². The third kappa shape index (κ3) is 6.28. The summed E-state index contributed by atoms with van der Waals surface area (Å²) in [4.78, 5) is 12.8. The van der Waals surface area contributed by atoms with Crippen molar-refractivity contribution in [2.75, 3.05) is 9.62 Å². The summed E-state index contributed by atoms with van der Waals surface area (Å²) in [5, 5.41) is 12.8. The smallest absolute Gasteiger partial charge is 0.573 e. The molecule has 0 aromatic heterocycles. The van der Waals surface area contributed by atoms with Crippen LogP contribution in [-0.2, 0) is 11.3 Å². The van der Waals surface area contributed by atoms with E-state index in [-0.39, 0.29) is 28.2 Å². The molecule has 4 aromatic rings. The van der Waals surface area contributed by atoms with Crippen LogP contribution >= 0.6 is 0 Å². The number of anilines is 3. The predicted molar refractivity (Wildman–Crippen MR) is 132 cm³/mol. The zero-order valence-corrected chi connectivity index (χ0v) is 19.9. The molecule has 4 rings (SSSR count). The lowest BCUT2D eigenvalue weighted by Gasteiger charge is -2.27. The highest BCUT2D eigenvalue weighted by atomic mass is 32.2. The molecular weight excluding hydrogens is 528 g/mol. The van der Waals surface area contributed by atoms with Crippen LogP contribution in [0.2, 0.25) is 0 Å². The molecule has 0 saturated heterocycles. The molecule has 0 aliphatic carbocycles. The maximum absolute atomic E-state index is 13.3. The Hall–Kier alpha value is -4.42. The molecule has 1 atom stereocenters. The zero-order chi connectivity index (χ0) is 27.4. The molecule has 4 aromatic carbocycles. The van der Waals surface area contributed by atoms with Crippen molar-refractivity contribution < 1.29 is 41.0 Å². The summed E-state index contributed by atoms with van der Waals surface area (Å²) in [5.74, 6) is -2.00. The molecule has 38 heavy (non-hydrogen) atoms. The van der Waals surface area contributed by atoms with E-state index >= 15 is 0 Å². The average Bonchev–Trinajstić information content (AvgIpc) is 2.86. The molecule has 12 heteroatoms. The summed E-state index contributed by atoms with van der Waals surface area (Å²) in [5.41, 5.74) is 0.685. The van der Waals surface area contributed by atoms with Crippen LogP contribution in [-0.4, -0.2) is 26.1 Å². The summed E-state index contributed by atoms with van der Waals surface area (Å²) in [6, 6.07) is 19.5. The summed E-state index contributed by atoms with van der Waals surface area (Å²) in [7, 11) is 0. The fraction of sp³-hybridized carbons (Fsp3) is 0.0385. The van der Waals surface area contributed by atoms with Gasteiger partial charge in [0.15, 0.2) is 0 Å². The van der Waals surface area contributed by atoms with Crippen LogP contribution in [0.3, 0.4) is 0 Å².